The van der Waals surface area contributed by atoms with E-state index >= 15 is 0 Å². The van der Waals surface area contributed by atoms with Crippen LogP contribution in [0.3, 0.4) is 0 Å². The molecule has 0 saturated carbocycles. The molecule has 0 amide bonds. The Bertz CT molecular complexity index is 539. The smallest absolute Gasteiger partial charge is 0.283 e. The van der Waals surface area contributed by atoms with Crippen LogP contribution in [0, 0.1) is 17.0 Å². The van der Waals surface area contributed by atoms with Crippen LogP contribution in [0.25, 0.3) is 0 Å². The maximum atomic E-state index is 10.9. The molecule has 0 unspecified atom stereocenters. The number of aryl methyl sites for hydroxylation is 1. The summed E-state index contributed by atoms with van der Waals surface area (Å²) in [5, 5.41) is 10.9. The molecule has 0 spiro atoms. The SMILES string of the molecule is CC(=O)CCCCCOc1cc([N+](=O)[O-])c(C=O)cc1C. The molecule has 0 saturated heterocycles. The van der Waals surface area contributed by atoms with E-state index in [4.69, 9.17) is 4.74 Å². The molecule has 0 aromatic heterocycles. The first kappa shape index (κ1) is 16.8. The third kappa shape index (κ3) is 5.33. The van der Waals surface area contributed by atoms with Crippen molar-refractivity contribution in [1.29, 1.82) is 0 Å². The van der Waals surface area contributed by atoms with Gasteiger partial charge in [0.05, 0.1) is 23.2 Å². The molecule has 1 aromatic rings. The van der Waals surface area contributed by atoms with Crippen LogP contribution in [-0.4, -0.2) is 23.6 Å². The average Bonchev–Trinajstić information content (AvgIpc) is 2.42. The predicted molar refractivity (Wildman–Crippen MR) is 77.9 cm³/mol. The van der Waals surface area contributed by atoms with Gasteiger partial charge in [-0.1, -0.05) is 0 Å². The third-order valence-corrected chi connectivity index (χ3v) is 3.08. The average molecular weight is 293 g/mol. The highest BCUT2D eigenvalue weighted by Gasteiger charge is 2.16. The second kappa shape index (κ2) is 8.14. The fourth-order valence-corrected chi connectivity index (χ4v) is 1.94. The molecule has 0 aliphatic rings. The number of benzene rings is 1. The molecule has 0 radical (unpaired) electrons. The quantitative estimate of drug-likeness (QED) is 0.302. The number of nitrogens with zero attached hydrogens (tertiary/aromatic N) is 1. The van der Waals surface area contributed by atoms with E-state index in [1.54, 1.807) is 13.8 Å². The predicted octanol–water partition coefficient (Wildman–Crippen LogP) is 3.24. The van der Waals surface area contributed by atoms with Crippen LogP contribution in [0.2, 0.25) is 0 Å². The zero-order valence-electron chi connectivity index (χ0n) is 12.3. The normalized spacial score (nSPS) is 10.2. The van der Waals surface area contributed by atoms with Gasteiger partial charge in [0.15, 0.2) is 6.29 Å². The molecule has 0 atom stereocenters. The van der Waals surface area contributed by atoms with Gasteiger partial charge in [-0.3, -0.25) is 14.9 Å². The number of ketones is 1. The Morgan fingerprint density at radius 2 is 2.05 bits per heavy atom. The minimum absolute atomic E-state index is 0.0475. The van der Waals surface area contributed by atoms with E-state index in [0.717, 1.165) is 19.3 Å². The van der Waals surface area contributed by atoms with Gasteiger partial charge in [0.25, 0.3) is 5.69 Å². The number of ether oxygens (including phenoxy) is 1. The van der Waals surface area contributed by atoms with Gasteiger partial charge in [-0.25, -0.2) is 0 Å². The summed E-state index contributed by atoms with van der Waals surface area (Å²) in [6, 6.07) is 2.74. The number of carbonyl (C=O) groups excluding carboxylic acids is 2. The zero-order chi connectivity index (χ0) is 15.8. The molecular weight excluding hydrogens is 274 g/mol. The lowest BCUT2D eigenvalue weighted by Gasteiger charge is -2.09. The fourth-order valence-electron chi connectivity index (χ4n) is 1.94. The van der Waals surface area contributed by atoms with Crippen LogP contribution in [0.5, 0.6) is 5.75 Å². The Morgan fingerprint density at radius 3 is 2.62 bits per heavy atom. The molecule has 0 N–H and O–H groups in total. The standard InChI is InChI=1S/C15H19NO5/c1-11-8-13(10-17)14(16(19)20)9-15(11)21-7-5-3-4-6-12(2)18/h8-10H,3-7H2,1-2H3. The summed E-state index contributed by atoms with van der Waals surface area (Å²) >= 11 is 0. The molecule has 0 aliphatic heterocycles. The van der Waals surface area contributed by atoms with Crippen molar-refractivity contribution in [3.63, 3.8) is 0 Å². The Labute approximate surface area is 123 Å². The van der Waals surface area contributed by atoms with E-state index in [9.17, 15) is 19.7 Å². The molecule has 1 aromatic carbocycles. The van der Waals surface area contributed by atoms with E-state index in [2.05, 4.69) is 0 Å². The van der Waals surface area contributed by atoms with Crippen molar-refractivity contribution < 1.29 is 19.2 Å². The van der Waals surface area contributed by atoms with Crippen molar-refractivity contribution in [3.8, 4) is 5.75 Å². The van der Waals surface area contributed by atoms with Crippen molar-refractivity contribution >= 4 is 17.8 Å². The number of nitro benzene ring substituents is 1. The molecule has 0 bridgehead atoms. The Hall–Kier alpha value is -2.24. The van der Waals surface area contributed by atoms with Crippen molar-refractivity contribution in [2.24, 2.45) is 0 Å². The molecular formula is C15H19NO5. The molecule has 6 heteroatoms. The monoisotopic (exact) mass is 293 g/mol. The first-order valence-corrected chi connectivity index (χ1v) is 6.82. The summed E-state index contributed by atoms with van der Waals surface area (Å²) in [6.45, 7) is 3.73. The molecule has 6 nitrogen and oxygen atoms in total. The molecule has 1 rings (SSSR count). The summed E-state index contributed by atoms with van der Waals surface area (Å²) in [5.41, 5.74) is 0.486. The van der Waals surface area contributed by atoms with Crippen LogP contribution in [0.1, 0.15) is 48.5 Å². The number of carbonyl (C=O) groups is 2. The number of unbranched alkanes of at least 4 members (excludes halogenated alkanes) is 2. The summed E-state index contributed by atoms with van der Waals surface area (Å²) in [6.07, 6.45) is 3.50. The largest absolute Gasteiger partial charge is 0.493 e. The van der Waals surface area contributed by atoms with Crippen LogP contribution >= 0.6 is 0 Å². The van der Waals surface area contributed by atoms with E-state index in [-0.39, 0.29) is 17.0 Å². The summed E-state index contributed by atoms with van der Waals surface area (Å²) in [7, 11) is 0. The minimum Gasteiger partial charge on any atom is -0.493 e. The number of Topliss-reactive ketones (excluding diaryl/α,β-unsaturated/α-hetero) is 1. The van der Waals surface area contributed by atoms with Crippen LogP contribution in [0.4, 0.5) is 5.69 Å². The summed E-state index contributed by atoms with van der Waals surface area (Å²) in [5.74, 6) is 0.589. The molecule has 0 fully saturated rings. The lowest BCUT2D eigenvalue weighted by molar-refractivity contribution is -0.385. The number of hydrogen-bond acceptors (Lipinski definition) is 5. The van der Waals surface area contributed by atoms with Crippen LogP contribution in [-0.2, 0) is 4.79 Å². The molecule has 114 valence electrons. The zero-order valence-corrected chi connectivity index (χ0v) is 12.3. The highest BCUT2D eigenvalue weighted by molar-refractivity contribution is 5.82. The Balaban J connectivity index is 2.59. The second-order valence-electron chi connectivity index (χ2n) is 4.91. The van der Waals surface area contributed by atoms with Gasteiger partial charge in [-0.15, -0.1) is 0 Å². The van der Waals surface area contributed by atoms with Gasteiger partial charge in [0, 0.05) is 6.42 Å². The van der Waals surface area contributed by atoms with Gasteiger partial charge in [0.2, 0.25) is 0 Å². The second-order valence-corrected chi connectivity index (χ2v) is 4.91. The van der Waals surface area contributed by atoms with E-state index in [0.29, 0.717) is 30.6 Å². The first-order chi connectivity index (χ1) is 9.95. The highest BCUT2D eigenvalue weighted by Crippen LogP contribution is 2.27. The number of rotatable bonds is 9. The van der Waals surface area contributed by atoms with Gasteiger partial charge in [-0.05, 0) is 44.7 Å². The van der Waals surface area contributed by atoms with Gasteiger partial charge < -0.3 is 9.53 Å². The third-order valence-electron chi connectivity index (χ3n) is 3.08. The van der Waals surface area contributed by atoms with Gasteiger partial charge in [-0.2, -0.15) is 0 Å². The first-order valence-electron chi connectivity index (χ1n) is 6.82. The van der Waals surface area contributed by atoms with Crippen molar-refractivity contribution in [2.45, 2.75) is 39.5 Å². The molecule has 21 heavy (non-hydrogen) atoms. The number of nitro groups is 1. The number of aldehydes is 1. The lowest BCUT2D eigenvalue weighted by atomic mass is 10.1. The Morgan fingerprint density at radius 1 is 1.33 bits per heavy atom. The molecule has 0 heterocycles. The topological polar surface area (TPSA) is 86.5 Å². The maximum absolute atomic E-state index is 10.9. The lowest BCUT2D eigenvalue weighted by Crippen LogP contribution is -2.02. The summed E-state index contributed by atoms with van der Waals surface area (Å²) < 4.78 is 5.53. The molecule has 0 aliphatic carbocycles. The van der Waals surface area contributed by atoms with Crippen molar-refractivity contribution in [3.05, 3.63) is 33.4 Å². The number of hydrogen-bond donors (Lipinski definition) is 0. The van der Waals surface area contributed by atoms with Crippen LogP contribution < -0.4 is 4.74 Å². The van der Waals surface area contributed by atoms with E-state index in [1.165, 1.54) is 12.1 Å². The van der Waals surface area contributed by atoms with Crippen molar-refractivity contribution in [1.82, 2.24) is 0 Å². The highest BCUT2D eigenvalue weighted by atomic mass is 16.6. The Kier molecular flexibility index (Phi) is 6.52. The van der Waals surface area contributed by atoms with Crippen LogP contribution in [0.15, 0.2) is 12.1 Å². The summed E-state index contributed by atoms with van der Waals surface area (Å²) in [4.78, 5) is 31.9. The minimum atomic E-state index is -0.594. The maximum Gasteiger partial charge on any atom is 0.283 e. The van der Waals surface area contributed by atoms with Gasteiger partial charge in [0.1, 0.15) is 11.5 Å². The van der Waals surface area contributed by atoms with E-state index < -0.39 is 4.92 Å². The van der Waals surface area contributed by atoms with E-state index in [1.807, 2.05) is 0 Å². The van der Waals surface area contributed by atoms with Crippen molar-refractivity contribution in [2.75, 3.05) is 6.61 Å². The van der Waals surface area contributed by atoms with Gasteiger partial charge >= 0.3 is 0 Å². The fraction of sp³-hybridized carbons (Fsp3) is 0.467.